The number of benzene rings is 2. The summed E-state index contributed by atoms with van der Waals surface area (Å²) in [7, 11) is 0. The fraction of sp³-hybridized carbons (Fsp3) is 0.188. The van der Waals surface area contributed by atoms with E-state index in [1.807, 2.05) is 30.3 Å². The van der Waals surface area contributed by atoms with E-state index in [0.29, 0.717) is 22.9 Å². The van der Waals surface area contributed by atoms with Crippen LogP contribution in [0.5, 0.6) is 0 Å². The van der Waals surface area contributed by atoms with Gasteiger partial charge in [-0.1, -0.05) is 48.9 Å². The highest BCUT2D eigenvalue weighted by molar-refractivity contribution is 6.34. The molecule has 4 nitrogen and oxygen atoms in total. The molecule has 0 bridgehead atoms. The van der Waals surface area contributed by atoms with E-state index >= 15 is 0 Å². The Labute approximate surface area is 128 Å². The van der Waals surface area contributed by atoms with Gasteiger partial charge in [0.05, 0.1) is 16.3 Å². The van der Waals surface area contributed by atoms with Crippen LogP contribution in [-0.4, -0.2) is 17.6 Å². The number of anilines is 2. The Hall–Kier alpha value is -2.20. The van der Waals surface area contributed by atoms with Crippen LogP contribution in [0.1, 0.15) is 28.8 Å². The van der Waals surface area contributed by atoms with Gasteiger partial charge in [-0.3, -0.25) is 0 Å². The van der Waals surface area contributed by atoms with Gasteiger partial charge < -0.3 is 16.2 Å². The molecule has 21 heavy (non-hydrogen) atoms. The predicted molar refractivity (Wildman–Crippen MR) is 86.2 cm³/mol. The molecule has 0 aliphatic carbocycles. The molecule has 0 heterocycles. The predicted octanol–water partition coefficient (Wildman–Crippen LogP) is 3.84. The highest BCUT2D eigenvalue weighted by Crippen LogP contribution is 2.30. The quantitative estimate of drug-likeness (QED) is 0.734. The lowest BCUT2D eigenvalue weighted by molar-refractivity contribution is 0.0698. The van der Waals surface area contributed by atoms with Gasteiger partial charge in [-0.25, -0.2) is 4.79 Å². The molecule has 110 valence electrons. The molecule has 0 aromatic heterocycles. The van der Waals surface area contributed by atoms with Crippen molar-refractivity contribution in [3.63, 3.8) is 0 Å². The lowest BCUT2D eigenvalue weighted by Gasteiger charge is -2.17. The number of halogens is 1. The zero-order valence-electron chi connectivity index (χ0n) is 11.6. The molecular formula is C16H17ClN2O2. The van der Waals surface area contributed by atoms with E-state index in [4.69, 9.17) is 17.3 Å². The Morgan fingerprint density at radius 1 is 1.33 bits per heavy atom. The molecule has 0 saturated heterocycles. The standard InChI is InChI=1S/C16H17ClN2O2/c1-10(11-5-3-2-4-6-11)9-19-15-13(16(20)21)7-12(18)8-14(15)17/h2-8,10,19H,9,18H2,1H3,(H,20,21). The second-order valence-corrected chi connectivity index (χ2v) is 5.33. The highest BCUT2D eigenvalue weighted by Gasteiger charge is 2.15. The summed E-state index contributed by atoms with van der Waals surface area (Å²) in [5, 5.41) is 12.7. The molecule has 0 spiro atoms. The molecule has 0 fully saturated rings. The molecular weight excluding hydrogens is 288 g/mol. The summed E-state index contributed by atoms with van der Waals surface area (Å²) in [6.07, 6.45) is 0. The number of aromatic carboxylic acids is 1. The lowest BCUT2D eigenvalue weighted by atomic mass is 10.0. The maximum absolute atomic E-state index is 11.3. The van der Waals surface area contributed by atoms with Gasteiger partial charge in [-0.2, -0.15) is 0 Å². The van der Waals surface area contributed by atoms with Crippen LogP contribution in [0.2, 0.25) is 5.02 Å². The number of carboxylic acids is 1. The molecule has 1 atom stereocenters. The third-order valence-electron chi connectivity index (χ3n) is 3.30. The Kier molecular flexibility index (Phi) is 4.70. The van der Waals surface area contributed by atoms with Crippen LogP contribution in [-0.2, 0) is 0 Å². The fourth-order valence-electron chi connectivity index (χ4n) is 2.13. The van der Waals surface area contributed by atoms with Crippen molar-refractivity contribution in [2.45, 2.75) is 12.8 Å². The number of carbonyl (C=O) groups is 1. The van der Waals surface area contributed by atoms with Crippen molar-refractivity contribution in [2.24, 2.45) is 0 Å². The van der Waals surface area contributed by atoms with Crippen molar-refractivity contribution in [3.8, 4) is 0 Å². The minimum absolute atomic E-state index is 0.0836. The van der Waals surface area contributed by atoms with E-state index in [1.54, 1.807) is 6.07 Å². The molecule has 4 N–H and O–H groups in total. The molecule has 0 amide bonds. The number of rotatable bonds is 5. The Bertz CT molecular complexity index is 644. The van der Waals surface area contributed by atoms with Gasteiger partial charge in [0, 0.05) is 12.2 Å². The number of nitrogens with two attached hydrogens (primary N) is 1. The Balaban J connectivity index is 2.18. The third-order valence-corrected chi connectivity index (χ3v) is 3.59. The monoisotopic (exact) mass is 304 g/mol. The fourth-order valence-corrected chi connectivity index (χ4v) is 2.43. The lowest BCUT2D eigenvalue weighted by Crippen LogP contribution is -2.13. The van der Waals surface area contributed by atoms with Crippen molar-refractivity contribution in [3.05, 3.63) is 58.6 Å². The minimum atomic E-state index is -1.06. The number of nitrogen functional groups attached to an aromatic ring is 1. The molecule has 5 heteroatoms. The maximum atomic E-state index is 11.3. The average molecular weight is 305 g/mol. The normalized spacial score (nSPS) is 11.9. The van der Waals surface area contributed by atoms with Gasteiger partial charge in [0.2, 0.25) is 0 Å². The first kappa shape index (κ1) is 15.2. The van der Waals surface area contributed by atoms with Gasteiger partial charge in [0.1, 0.15) is 0 Å². The summed E-state index contributed by atoms with van der Waals surface area (Å²) >= 11 is 6.10. The summed E-state index contributed by atoms with van der Waals surface area (Å²) in [4.78, 5) is 11.3. The van der Waals surface area contributed by atoms with Crippen molar-refractivity contribution in [1.82, 2.24) is 0 Å². The van der Waals surface area contributed by atoms with E-state index in [9.17, 15) is 9.90 Å². The molecule has 1 unspecified atom stereocenters. The average Bonchev–Trinajstić information content (AvgIpc) is 2.46. The van der Waals surface area contributed by atoms with Crippen LogP contribution in [0.4, 0.5) is 11.4 Å². The molecule has 0 aliphatic heterocycles. The highest BCUT2D eigenvalue weighted by atomic mass is 35.5. The largest absolute Gasteiger partial charge is 0.478 e. The third kappa shape index (κ3) is 3.67. The van der Waals surface area contributed by atoms with Gasteiger partial charge in [0.15, 0.2) is 0 Å². The van der Waals surface area contributed by atoms with E-state index in [-0.39, 0.29) is 11.5 Å². The van der Waals surface area contributed by atoms with Crippen molar-refractivity contribution < 1.29 is 9.90 Å². The molecule has 0 radical (unpaired) electrons. The first-order valence-electron chi connectivity index (χ1n) is 6.60. The van der Waals surface area contributed by atoms with Crippen LogP contribution in [0.25, 0.3) is 0 Å². The van der Waals surface area contributed by atoms with Crippen molar-refractivity contribution >= 4 is 28.9 Å². The summed E-state index contributed by atoms with van der Waals surface area (Å²) in [5.74, 6) is -0.833. The number of hydrogen-bond donors (Lipinski definition) is 3. The van der Waals surface area contributed by atoms with Crippen LogP contribution in [0, 0.1) is 0 Å². The van der Waals surface area contributed by atoms with Crippen LogP contribution in [0.15, 0.2) is 42.5 Å². The van der Waals surface area contributed by atoms with Crippen LogP contribution < -0.4 is 11.1 Å². The smallest absolute Gasteiger partial charge is 0.337 e. The zero-order chi connectivity index (χ0) is 15.4. The molecule has 2 rings (SSSR count). The number of nitrogens with one attached hydrogen (secondary N) is 1. The summed E-state index contributed by atoms with van der Waals surface area (Å²) in [6, 6.07) is 12.9. The topological polar surface area (TPSA) is 75.3 Å². The Morgan fingerprint density at radius 3 is 2.62 bits per heavy atom. The summed E-state index contributed by atoms with van der Waals surface area (Å²) in [6.45, 7) is 2.64. The Morgan fingerprint density at radius 2 is 2.00 bits per heavy atom. The van der Waals surface area contributed by atoms with Crippen molar-refractivity contribution in [2.75, 3.05) is 17.6 Å². The number of hydrogen-bond acceptors (Lipinski definition) is 3. The van der Waals surface area contributed by atoms with Crippen LogP contribution in [0.3, 0.4) is 0 Å². The van der Waals surface area contributed by atoms with Gasteiger partial charge in [0.25, 0.3) is 0 Å². The van der Waals surface area contributed by atoms with Gasteiger partial charge in [-0.15, -0.1) is 0 Å². The van der Waals surface area contributed by atoms with E-state index < -0.39 is 5.97 Å². The van der Waals surface area contributed by atoms with Crippen LogP contribution >= 0.6 is 11.6 Å². The molecule has 0 saturated carbocycles. The molecule has 2 aromatic rings. The van der Waals surface area contributed by atoms with Gasteiger partial charge >= 0.3 is 5.97 Å². The summed E-state index contributed by atoms with van der Waals surface area (Å²) in [5.41, 5.74) is 7.63. The molecule has 2 aromatic carbocycles. The second-order valence-electron chi connectivity index (χ2n) is 4.92. The first-order chi connectivity index (χ1) is 9.99. The van der Waals surface area contributed by atoms with E-state index in [0.717, 1.165) is 0 Å². The SMILES string of the molecule is CC(CNc1c(Cl)cc(N)cc1C(=O)O)c1ccccc1. The number of carboxylic acid groups (broad SMARTS) is 1. The van der Waals surface area contributed by atoms with Gasteiger partial charge in [-0.05, 0) is 23.6 Å². The van der Waals surface area contributed by atoms with Crippen molar-refractivity contribution in [1.29, 1.82) is 0 Å². The second kappa shape index (κ2) is 6.50. The maximum Gasteiger partial charge on any atom is 0.337 e. The van der Waals surface area contributed by atoms with E-state index in [1.165, 1.54) is 11.6 Å². The van der Waals surface area contributed by atoms with E-state index in [2.05, 4.69) is 12.2 Å². The first-order valence-corrected chi connectivity index (χ1v) is 6.98. The molecule has 0 aliphatic rings. The zero-order valence-corrected chi connectivity index (χ0v) is 12.4. The summed E-state index contributed by atoms with van der Waals surface area (Å²) < 4.78 is 0. The minimum Gasteiger partial charge on any atom is -0.478 e.